The molecule has 0 aliphatic rings. The van der Waals surface area contributed by atoms with Crippen LogP contribution in [0, 0.1) is 13.8 Å². The lowest BCUT2D eigenvalue weighted by Crippen LogP contribution is -1.88. The highest BCUT2D eigenvalue weighted by Gasteiger charge is 2.12. The van der Waals surface area contributed by atoms with Crippen LogP contribution in [-0.4, -0.2) is 15.2 Å². The molecular formula is C8H7Cl2N3. The maximum absolute atomic E-state index is 6.02. The van der Waals surface area contributed by atoms with Crippen LogP contribution in [-0.2, 0) is 0 Å². The molecule has 0 aliphatic heterocycles. The molecule has 0 aliphatic carbocycles. The van der Waals surface area contributed by atoms with Gasteiger partial charge in [0.15, 0.2) is 5.65 Å². The predicted octanol–water partition coefficient (Wildman–Crippen LogP) is 2.88. The molecule has 0 saturated carbocycles. The Morgan fingerprint density at radius 3 is 2.62 bits per heavy atom. The van der Waals surface area contributed by atoms with Gasteiger partial charge in [0.05, 0.1) is 16.1 Å². The van der Waals surface area contributed by atoms with E-state index < -0.39 is 0 Å². The molecule has 1 N–H and O–H groups in total. The number of nitrogens with zero attached hydrogens (tertiary/aromatic N) is 2. The van der Waals surface area contributed by atoms with Crippen molar-refractivity contribution in [2.75, 3.05) is 0 Å². The quantitative estimate of drug-likeness (QED) is 0.735. The Labute approximate surface area is 85.1 Å². The van der Waals surface area contributed by atoms with Crippen molar-refractivity contribution in [1.82, 2.24) is 15.2 Å². The molecule has 0 fully saturated rings. The molecule has 5 heteroatoms. The SMILES string of the molecule is Cc1nc2n[nH]c(Cl)c2c(C)c1Cl. The third-order valence-electron chi connectivity index (χ3n) is 2.00. The van der Waals surface area contributed by atoms with E-state index in [0.29, 0.717) is 15.8 Å². The Hall–Kier alpha value is -0.800. The number of rotatable bonds is 0. The van der Waals surface area contributed by atoms with Crippen molar-refractivity contribution in [2.45, 2.75) is 13.8 Å². The van der Waals surface area contributed by atoms with Gasteiger partial charge in [0.25, 0.3) is 0 Å². The van der Waals surface area contributed by atoms with E-state index in [-0.39, 0.29) is 0 Å². The van der Waals surface area contributed by atoms with Crippen molar-refractivity contribution in [3.8, 4) is 0 Å². The first-order valence-electron chi connectivity index (χ1n) is 3.77. The molecule has 2 rings (SSSR count). The fraction of sp³-hybridized carbons (Fsp3) is 0.250. The number of fused-ring (bicyclic) bond motifs is 1. The van der Waals surface area contributed by atoms with Gasteiger partial charge in [0, 0.05) is 0 Å². The molecule has 0 spiro atoms. The van der Waals surface area contributed by atoms with Crippen LogP contribution in [0.1, 0.15) is 11.3 Å². The Kier molecular flexibility index (Phi) is 1.93. The zero-order chi connectivity index (χ0) is 9.59. The lowest BCUT2D eigenvalue weighted by molar-refractivity contribution is 1.09. The molecule has 13 heavy (non-hydrogen) atoms. The van der Waals surface area contributed by atoms with Crippen LogP contribution in [0.5, 0.6) is 0 Å². The van der Waals surface area contributed by atoms with Gasteiger partial charge in [-0.15, -0.1) is 0 Å². The topological polar surface area (TPSA) is 41.6 Å². The maximum Gasteiger partial charge on any atom is 0.183 e. The molecule has 0 radical (unpaired) electrons. The number of aromatic nitrogens is 3. The molecule has 2 aromatic rings. The molecule has 0 saturated heterocycles. The average molecular weight is 216 g/mol. The summed E-state index contributed by atoms with van der Waals surface area (Å²) in [5.74, 6) is 0. The molecule has 3 nitrogen and oxygen atoms in total. The van der Waals surface area contributed by atoms with Crippen molar-refractivity contribution >= 4 is 34.2 Å². The minimum absolute atomic E-state index is 0.488. The van der Waals surface area contributed by atoms with Crippen LogP contribution >= 0.6 is 23.2 Å². The van der Waals surface area contributed by atoms with E-state index in [9.17, 15) is 0 Å². The first-order chi connectivity index (χ1) is 6.11. The van der Waals surface area contributed by atoms with Crippen molar-refractivity contribution in [2.24, 2.45) is 0 Å². The van der Waals surface area contributed by atoms with Crippen LogP contribution in [0.4, 0.5) is 0 Å². The first kappa shape index (κ1) is 8.78. The molecule has 2 heterocycles. The summed E-state index contributed by atoms with van der Waals surface area (Å²) in [5.41, 5.74) is 2.31. The van der Waals surface area contributed by atoms with Gasteiger partial charge in [-0.2, -0.15) is 5.10 Å². The molecule has 68 valence electrons. The highest BCUT2D eigenvalue weighted by Crippen LogP contribution is 2.29. The highest BCUT2D eigenvalue weighted by atomic mass is 35.5. The Balaban J connectivity index is 2.97. The number of aryl methyl sites for hydroxylation is 2. The van der Waals surface area contributed by atoms with E-state index in [1.807, 2.05) is 13.8 Å². The second-order valence-electron chi connectivity index (χ2n) is 2.87. The van der Waals surface area contributed by atoms with E-state index in [1.54, 1.807) is 0 Å². The molecule has 2 aromatic heterocycles. The van der Waals surface area contributed by atoms with E-state index in [0.717, 1.165) is 16.6 Å². The van der Waals surface area contributed by atoms with E-state index in [1.165, 1.54) is 0 Å². The van der Waals surface area contributed by atoms with Crippen molar-refractivity contribution in [3.63, 3.8) is 0 Å². The van der Waals surface area contributed by atoms with Gasteiger partial charge in [0.1, 0.15) is 5.15 Å². The van der Waals surface area contributed by atoms with Crippen molar-refractivity contribution in [1.29, 1.82) is 0 Å². The number of pyridine rings is 1. The van der Waals surface area contributed by atoms with Gasteiger partial charge >= 0.3 is 0 Å². The third kappa shape index (κ3) is 1.19. The smallest absolute Gasteiger partial charge is 0.183 e. The lowest BCUT2D eigenvalue weighted by Gasteiger charge is -2.01. The maximum atomic E-state index is 6.02. The number of hydrogen-bond acceptors (Lipinski definition) is 2. The van der Waals surface area contributed by atoms with Gasteiger partial charge in [-0.25, -0.2) is 4.98 Å². The number of hydrogen-bond donors (Lipinski definition) is 1. The van der Waals surface area contributed by atoms with Crippen LogP contribution in [0.3, 0.4) is 0 Å². The lowest BCUT2D eigenvalue weighted by atomic mass is 10.2. The molecule has 0 atom stereocenters. The summed E-state index contributed by atoms with van der Waals surface area (Å²) in [6.45, 7) is 3.75. The summed E-state index contributed by atoms with van der Waals surface area (Å²) >= 11 is 11.9. The largest absolute Gasteiger partial charge is 0.264 e. The van der Waals surface area contributed by atoms with E-state index >= 15 is 0 Å². The molecule has 0 aromatic carbocycles. The third-order valence-corrected chi connectivity index (χ3v) is 2.83. The second-order valence-corrected chi connectivity index (χ2v) is 3.63. The van der Waals surface area contributed by atoms with Crippen molar-refractivity contribution < 1.29 is 0 Å². The minimum Gasteiger partial charge on any atom is -0.264 e. The summed E-state index contributed by atoms with van der Waals surface area (Å²) in [6.07, 6.45) is 0. The van der Waals surface area contributed by atoms with Gasteiger partial charge in [0.2, 0.25) is 0 Å². The first-order valence-corrected chi connectivity index (χ1v) is 4.53. The van der Waals surface area contributed by atoms with Gasteiger partial charge in [-0.1, -0.05) is 23.2 Å². The summed E-state index contributed by atoms with van der Waals surface area (Å²) in [6, 6.07) is 0. The Morgan fingerprint density at radius 2 is 1.92 bits per heavy atom. The molecule has 0 amide bonds. The zero-order valence-electron chi connectivity index (χ0n) is 7.15. The Bertz CT molecular complexity index is 476. The summed E-state index contributed by atoms with van der Waals surface area (Å²) < 4.78 is 0. The number of aromatic amines is 1. The monoisotopic (exact) mass is 215 g/mol. The second kappa shape index (κ2) is 2.86. The van der Waals surface area contributed by atoms with Crippen LogP contribution in [0.15, 0.2) is 0 Å². The highest BCUT2D eigenvalue weighted by molar-refractivity contribution is 6.36. The zero-order valence-corrected chi connectivity index (χ0v) is 8.66. The average Bonchev–Trinajstić information content (AvgIpc) is 2.43. The molecule has 0 bridgehead atoms. The summed E-state index contributed by atoms with van der Waals surface area (Å²) in [7, 11) is 0. The number of nitrogens with one attached hydrogen (secondary N) is 1. The van der Waals surface area contributed by atoms with Gasteiger partial charge < -0.3 is 0 Å². The van der Waals surface area contributed by atoms with E-state index in [4.69, 9.17) is 23.2 Å². The predicted molar refractivity (Wildman–Crippen MR) is 53.4 cm³/mol. The normalized spacial score (nSPS) is 11.1. The van der Waals surface area contributed by atoms with Crippen molar-refractivity contribution in [3.05, 3.63) is 21.4 Å². The minimum atomic E-state index is 0.488. The van der Waals surface area contributed by atoms with Crippen LogP contribution in [0.2, 0.25) is 10.2 Å². The number of H-pyrrole nitrogens is 1. The summed E-state index contributed by atoms with van der Waals surface area (Å²) in [4.78, 5) is 4.20. The Morgan fingerprint density at radius 1 is 1.23 bits per heavy atom. The standard InChI is InChI=1S/C8H7Cl2N3/c1-3-5-7(10)12-13-8(5)11-4(2)6(3)9/h1-2H3,(H,11,12,13). The van der Waals surface area contributed by atoms with Gasteiger partial charge in [-0.3, -0.25) is 5.10 Å². The molecular weight excluding hydrogens is 209 g/mol. The van der Waals surface area contributed by atoms with Gasteiger partial charge in [-0.05, 0) is 19.4 Å². The summed E-state index contributed by atoms with van der Waals surface area (Å²) in [5, 5.41) is 8.56. The number of halogens is 2. The van der Waals surface area contributed by atoms with Crippen LogP contribution in [0.25, 0.3) is 11.0 Å². The molecule has 0 unspecified atom stereocenters. The van der Waals surface area contributed by atoms with E-state index in [2.05, 4.69) is 15.2 Å². The van der Waals surface area contributed by atoms with Crippen LogP contribution < -0.4 is 0 Å². The fourth-order valence-electron chi connectivity index (χ4n) is 1.31. The fourth-order valence-corrected chi connectivity index (χ4v) is 1.72.